The van der Waals surface area contributed by atoms with Crippen LogP contribution < -0.4 is 9.62 Å². The molecule has 5 nitrogen and oxygen atoms in total. The molecule has 1 N–H and O–H groups in total. The number of allylic oxidation sites excluding steroid dienone is 1. The fourth-order valence-electron chi connectivity index (χ4n) is 3.30. The third-order valence-corrected chi connectivity index (χ3v) is 6.53. The number of anilines is 1. The van der Waals surface area contributed by atoms with Crippen LogP contribution in [0.2, 0.25) is 0 Å². The van der Waals surface area contributed by atoms with Crippen LogP contribution in [0.4, 0.5) is 5.69 Å². The van der Waals surface area contributed by atoms with Crippen LogP contribution in [0.5, 0.6) is 0 Å². The van der Waals surface area contributed by atoms with Crippen molar-refractivity contribution in [1.29, 1.82) is 0 Å². The van der Waals surface area contributed by atoms with Crippen LogP contribution in [-0.4, -0.2) is 14.2 Å². The number of rotatable bonds is 5. The Bertz CT molecular complexity index is 1160. The average molecular weight is 404 g/mol. The molecule has 0 amide bonds. The molecule has 1 aliphatic rings. The smallest absolute Gasteiger partial charge is 0.270 e. The molecule has 0 unspecified atom stereocenters. The SMILES string of the molecule is O=C1C(=CNCc2ccccc2)S(=O)(=O)N(Cc2ccccc2)c2ccccc21. The van der Waals surface area contributed by atoms with E-state index < -0.39 is 15.8 Å². The maximum Gasteiger partial charge on any atom is 0.270 e. The van der Waals surface area contributed by atoms with Crippen molar-refractivity contribution in [3.63, 3.8) is 0 Å². The van der Waals surface area contributed by atoms with Crippen molar-refractivity contribution in [2.75, 3.05) is 4.31 Å². The van der Waals surface area contributed by atoms with Crippen LogP contribution in [0, 0.1) is 0 Å². The molecule has 146 valence electrons. The van der Waals surface area contributed by atoms with Gasteiger partial charge in [0.2, 0.25) is 5.78 Å². The van der Waals surface area contributed by atoms with Gasteiger partial charge in [-0.15, -0.1) is 0 Å². The highest BCUT2D eigenvalue weighted by atomic mass is 32.2. The van der Waals surface area contributed by atoms with Crippen molar-refractivity contribution < 1.29 is 13.2 Å². The van der Waals surface area contributed by atoms with Crippen LogP contribution in [0.3, 0.4) is 0 Å². The molecule has 0 radical (unpaired) electrons. The predicted molar refractivity (Wildman–Crippen MR) is 114 cm³/mol. The number of hydrogen-bond acceptors (Lipinski definition) is 4. The summed E-state index contributed by atoms with van der Waals surface area (Å²) in [5.74, 6) is -0.495. The lowest BCUT2D eigenvalue weighted by molar-refractivity contribution is 0.104. The Balaban J connectivity index is 1.71. The summed E-state index contributed by atoms with van der Waals surface area (Å²) < 4.78 is 28.0. The second kappa shape index (κ2) is 7.93. The zero-order chi connectivity index (χ0) is 20.3. The Kier molecular flexibility index (Phi) is 5.18. The summed E-state index contributed by atoms with van der Waals surface area (Å²) in [7, 11) is -4.00. The molecule has 6 heteroatoms. The third-order valence-electron chi connectivity index (χ3n) is 4.76. The van der Waals surface area contributed by atoms with Gasteiger partial charge in [0, 0.05) is 18.3 Å². The number of benzene rings is 3. The summed E-state index contributed by atoms with van der Waals surface area (Å²) in [6, 6.07) is 25.7. The predicted octanol–water partition coefficient (Wildman–Crippen LogP) is 3.85. The third kappa shape index (κ3) is 3.79. The quantitative estimate of drug-likeness (QED) is 0.656. The van der Waals surface area contributed by atoms with Crippen molar-refractivity contribution >= 4 is 21.5 Å². The number of ketones is 1. The van der Waals surface area contributed by atoms with Crippen LogP contribution in [0.1, 0.15) is 21.5 Å². The molecule has 3 aromatic carbocycles. The van der Waals surface area contributed by atoms with E-state index in [1.54, 1.807) is 24.3 Å². The van der Waals surface area contributed by atoms with E-state index in [1.807, 2.05) is 60.7 Å². The first kappa shape index (κ1) is 19.0. The van der Waals surface area contributed by atoms with Crippen molar-refractivity contribution in [1.82, 2.24) is 5.32 Å². The molecular formula is C23H20N2O3S. The Morgan fingerprint density at radius 3 is 2.07 bits per heavy atom. The zero-order valence-electron chi connectivity index (χ0n) is 15.7. The molecule has 1 aliphatic heterocycles. The summed E-state index contributed by atoms with van der Waals surface area (Å²) in [4.78, 5) is 12.7. The highest BCUT2D eigenvalue weighted by Gasteiger charge is 2.39. The van der Waals surface area contributed by atoms with Crippen molar-refractivity contribution in [3.05, 3.63) is 113 Å². The highest BCUT2D eigenvalue weighted by Crippen LogP contribution is 2.35. The van der Waals surface area contributed by atoms with E-state index in [0.29, 0.717) is 17.8 Å². The highest BCUT2D eigenvalue weighted by molar-refractivity contribution is 7.97. The number of carbonyl (C=O) groups is 1. The Labute approximate surface area is 170 Å². The summed E-state index contributed by atoms with van der Waals surface area (Å²) in [6.45, 7) is 0.580. The standard InChI is InChI=1S/C23H20N2O3S/c26-23-20-13-7-8-14-21(20)25(17-19-11-5-2-6-12-19)29(27,28)22(23)16-24-15-18-9-3-1-4-10-18/h1-14,16,24H,15,17H2. The zero-order valence-corrected chi connectivity index (χ0v) is 16.5. The second-order valence-electron chi connectivity index (χ2n) is 6.72. The van der Waals surface area contributed by atoms with Crippen LogP contribution in [0.15, 0.2) is 96.0 Å². The van der Waals surface area contributed by atoms with E-state index >= 15 is 0 Å². The number of Topliss-reactive ketones (excluding diaryl/α,β-unsaturated/α-hetero) is 1. The number of nitrogens with one attached hydrogen (secondary N) is 1. The van der Waals surface area contributed by atoms with Gasteiger partial charge in [-0.2, -0.15) is 0 Å². The fourth-order valence-corrected chi connectivity index (χ4v) is 4.85. The molecule has 0 bridgehead atoms. The maximum absolute atomic E-state index is 13.3. The Morgan fingerprint density at radius 2 is 1.38 bits per heavy atom. The summed E-state index contributed by atoms with van der Waals surface area (Å²) >= 11 is 0. The molecule has 1 heterocycles. The van der Waals surface area contributed by atoms with E-state index in [1.165, 1.54) is 10.5 Å². The van der Waals surface area contributed by atoms with E-state index in [0.717, 1.165) is 11.1 Å². The molecule has 4 rings (SSSR count). The Morgan fingerprint density at radius 1 is 0.793 bits per heavy atom. The fraction of sp³-hybridized carbons (Fsp3) is 0.0870. The molecule has 29 heavy (non-hydrogen) atoms. The molecule has 0 aromatic heterocycles. The van der Waals surface area contributed by atoms with Gasteiger partial charge in [0.15, 0.2) is 4.91 Å². The summed E-state index contributed by atoms with van der Waals surface area (Å²) in [6.07, 6.45) is 1.32. The average Bonchev–Trinajstić information content (AvgIpc) is 2.75. The van der Waals surface area contributed by atoms with Gasteiger partial charge in [0.1, 0.15) is 0 Å². The van der Waals surface area contributed by atoms with Crippen LogP contribution in [0.25, 0.3) is 0 Å². The lowest BCUT2D eigenvalue weighted by Crippen LogP contribution is -2.39. The molecule has 3 aromatic rings. The van der Waals surface area contributed by atoms with Crippen LogP contribution >= 0.6 is 0 Å². The number of para-hydroxylation sites is 1. The van der Waals surface area contributed by atoms with Crippen LogP contribution in [-0.2, 0) is 23.1 Å². The lowest BCUT2D eigenvalue weighted by Gasteiger charge is -2.31. The minimum atomic E-state index is -4.00. The van der Waals surface area contributed by atoms with E-state index in [2.05, 4.69) is 5.32 Å². The van der Waals surface area contributed by atoms with Crippen molar-refractivity contribution in [2.45, 2.75) is 13.1 Å². The minimum Gasteiger partial charge on any atom is -0.386 e. The number of nitrogens with zero attached hydrogens (tertiary/aromatic N) is 1. The van der Waals surface area contributed by atoms with E-state index in [4.69, 9.17) is 0 Å². The normalized spacial score (nSPS) is 16.5. The van der Waals surface area contributed by atoms with E-state index in [9.17, 15) is 13.2 Å². The molecule has 0 saturated carbocycles. The van der Waals surface area contributed by atoms with Gasteiger partial charge in [-0.3, -0.25) is 9.10 Å². The molecule has 0 spiro atoms. The lowest BCUT2D eigenvalue weighted by atomic mass is 10.1. The molecule has 0 fully saturated rings. The maximum atomic E-state index is 13.3. The van der Waals surface area contributed by atoms with Crippen molar-refractivity contribution in [2.24, 2.45) is 0 Å². The van der Waals surface area contributed by atoms with Gasteiger partial charge in [0.25, 0.3) is 10.0 Å². The molecular weight excluding hydrogens is 384 g/mol. The largest absolute Gasteiger partial charge is 0.386 e. The van der Waals surface area contributed by atoms with Gasteiger partial charge in [-0.1, -0.05) is 72.8 Å². The number of sulfonamides is 1. The van der Waals surface area contributed by atoms with E-state index in [-0.39, 0.29) is 11.4 Å². The van der Waals surface area contributed by atoms with Gasteiger partial charge in [0.05, 0.1) is 12.2 Å². The first-order valence-electron chi connectivity index (χ1n) is 9.25. The summed E-state index contributed by atoms with van der Waals surface area (Å²) in [5, 5.41) is 2.98. The summed E-state index contributed by atoms with van der Waals surface area (Å²) in [5.41, 5.74) is 2.62. The second-order valence-corrected chi connectivity index (χ2v) is 8.55. The topological polar surface area (TPSA) is 66.5 Å². The first-order valence-corrected chi connectivity index (χ1v) is 10.7. The molecule has 0 atom stereocenters. The minimum absolute atomic E-state index is 0.156. The number of hydrogen-bond donors (Lipinski definition) is 1. The molecule has 0 saturated heterocycles. The van der Waals surface area contributed by atoms with Gasteiger partial charge in [-0.05, 0) is 23.3 Å². The van der Waals surface area contributed by atoms with Gasteiger partial charge < -0.3 is 5.32 Å². The van der Waals surface area contributed by atoms with Gasteiger partial charge >= 0.3 is 0 Å². The number of fused-ring (bicyclic) bond motifs is 1. The van der Waals surface area contributed by atoms with Gasteiger partial charge in [-0.25, -0.2) is 8.42 Å². The van der Waals surface area contributed by atoms with Crippen molar-refractivity contribution in [3.8, 4) is 0 Å². The first-order chi connectivity index (χ1) is 14.1. The number of carbonyl (C=O) groups excluding carboxylic acids is 1. The Hall–Kier alpha value is -3.38. The molecule has 0 aliphatic carbocycles. The monoisotopic (exact) mass is 404 g/mol.